The summed E-state index contributed by atoms with van der Waals surface area (Å²) in [5, 5.41) is 19.8. The smallest absolute Gasteiger partial charge is 0.308 e. The fraction of sp³-hybridized carbons (Fsp3) is 0.462. The zero-order valence-electron chi connectivity index (χ0n) is 10.7. The van der Waals surface area contributed by atoms with Gasteiger partial charge in [-0.3, -0.25) is 19.8 Å². The summed E-state index contributed by atoms with van der Waals surface area (Å²) in [6.07, 6.45) is 0. The highest BCUT2D eigenvalue weighted by Crippen LogP contribution is 2.25. The van der Waals surface area contributed by atoms with Gasteiger partial charge < -0.3 is 5.11 Å². The molecule has 6 heteroatoms. The van der Waals surface area contributed by atoms with E-state index in [1.807, 2.05) is 17.9 Å². The predicted octanol–water partition coefficient (Wildman–Crippen LogP) is 1.75. The Morgan fingerprint density at radius 1 is 1.53 bits per heavy atom. The van der Waals surface area contributed by atoms with Crippen LogP contribution in [0.3, 0.4) is 0 Å². The third-order valence-corrected chi connectivity index (χ3v) is 3.53. The third kappa shape index (κ3) is 3.08. The van der Waals surface area contributed by atoms with Crippen molar-refractivity contribution in [3.63, 3.8) is 0 Å². The molecular formula is C13H16N2O4. The normalized spacial score (nSPS) is 23.4. The van der Waals surface area contributed by atoms with Crippen LogP contribution in [0, 0.1) is 22.0 Å². The topological polar surface area (TPSA) is 83.7 Å². The number of likely N-dealkylation sites (tertiary alicyclic amines) is 1. The first kappa shape index (κ1) is 13.5. The van der Waals surface area contributed by atoms with Crippen molar-refractivity contribution in [1.82, 2.24) is 4.90 Å². The molecule has 1 aromatic carbocycles. The predicted molar refractivity (Wildman–Crippen MR) is 68.7 cm³/mol. The van der Waals surface area contributed by atoms with Crippen LogP contribution in [0.4, 0.5) is 5.69 Å². The minimum atomic E-state index is -0.769. The van der Waals surface area contributed by atoms with Gasteiger partial charge in [0.15, 0.2) is 0 Å². The van der Waals surface area contributed by atoms with Crippen LogP contribution in [0.25, 0.3) is 0 Å². The molecule has 2 rings (SSSR count). The quantitative estimate of drug-likeness (QED) is 0.661. The van der Waals surface area contributed by atoms with Gasteiger partial charge >= 0.3 is 5.97 Å². The maximum atomic E-state index is 11.0. The van der Waals surface area contributed by atoms with Crippen LogP contribution in [0.1, 0.15) is 12.5 Å². The summed E-state index contributed by atoms with van der Waals surface area (Å²) >= 11 is 0. The van der Waals surface area contributed by atoms with Gasteiger partial charge in [0.25, 0.3) is 5.69 Å². The molecule has 6 nitrogen and oxygen atoms in total. The lowest BCUT2D eigenvalue weighted by atomic mass is 9.99. The minimum absolute atomic E-state index is 0.0690. The molecule has 0 aromatic heterocycles. The van der Waals surface area contributed by atoms with Crippen LogP contribution in [-0.2, 0) is 11.3 Å². The van der Waals surface area contributed by atoms with Gasteiger partial charge in [-0.2, -0.15) is 0 Å². The number of hydrogen-bond acceptors (Lipinski definition) is 4. The van der Waals surface area contributed by atoms with Gasteiger partial charge in [0.05, 0.1) is 10.8 Å². The van der Waals surface area contributed by atoms with E-state index in [9.17, 15) is 14.9 Å². The summed E-state index contributed by atoms with van der Waals surface area (Å²) in [7, 11) is 0. The van der Waals surface area contributed by atoms with E-state index in [0.717, 1.165) is 5.56 Å². The van der Waals surface area contributed by atoms with E-state index < -0.39 is 10.9 Å². The average Bonchev–Trinajstić information content (AvgIpc) is 2.70. The maximum Gasteiger partial charge on any atom is 0.308 e. The molecule has 1 saturated heterocycles. The van der Waals surface area contributed by atoms with Crippen molar-refractivity contribution < 1.29 is 14.8 Å². The Labute approximate surface area is 110 Å². The Morgan fingerprint density at radius 3 is 2.84 bits per heavy atom. The molecule has 0 unspecified atom stereocenters. The summed E-state index contributed by atoms with van der Waals surface area (Å²) in [4.78, 5) is 23.3. The molecule has 1 heterocycles. The minimum Gasteiger partial charge on any atom is -0.481 e. The second-order valence-electron chi connectivity index (χ2n) is 5.04. The number of rotatable bonds is 4. The van der Waals surface area contributed by atoms with Crippen molar-refractivity contribution in [3.05, 3.63) is 39.9 Å². The SMILES string of the molecule is C[C@@H]1CN(Cc2cccc([N+](=O)[O-])c2)C[C@H]1C(=O)O. The van der Waals surface area contributed by atoms with Crippen LogP contribution >= 0.6 is 0 Å². The second-order valence-corrected chi connectivity index (χ2v) is 5.04. The summed E-state index contributed by atoms with van der Waals surface area (Å²) < 4.78 is 0. The largest absolute Gasteiger partial charge is 0.481 e. The Balaban J connectivity index is 2.04. The van der Waals surface area contributed by atoms with Crippen molar-refractivity contribution >= 4 is 11.7 Å². The number of aliphatic carboxylic acids is 1. The molecule has 1 N–H and O–H groups in total. The summed E-state index contributed by atoms with van der Waals surface area (Å²) in [6.45, 7) is 3.68. The lowest BCUT2D eigenvalue weighted by molar-refractivity contribution is -0.384. The summed E-state index contributed by atoms with van der Waals surface area (Å²) in [5.74, 6) is -1.01. The Hall–Kier alpha value is -1.95. The van der Waals surface area contributed by atoms with Gasteiger partial charge in [-0.15, -0.1) is 0 Å². The number of nitrogens with zero attached hydrogens (tertiary/aromatic N) is 2. The fourth-order valence-electron chi connectivity index (χ4n) is 2.54. The zero-order chi connectivity index (χ0) is 14.0. The number of carboxylic acids is 1. The van der Waals surface area contributed by atoms with Crippen molar-refractivity contribution in [2.45, 2.75) is 13.5 Å². The lowest BCUT2D eigenvalue weighted by Crippen LogP contribution is -2.23. The Morgan fingerprint density at radius 2 is 2.26 bits per heavy atom. The third-order valence-electron chi connectivity index (χ3n) is 3.53. The molecule has 0 aliphatic carbocycles. The summed E-state index contributed by atoms with van der Waals surface area (Å²) in [5.41, 5.74) is 0.909. The number of nitro groups is 1. The molecule has 1 aliphatic rings. The average molecular weight is 264 g/mol. The Bertz CT molecular complexity index is 503. The molecule has 0 bridgehead atoms. The van der Waals surface area contributed by atoms with Crippen LogP contribution in [-0.4, -0.2) is 34.0 Å². The number of carbonyl (C=O) groups is 1. The monoisotopic (exact) mass is 264 g/mol. The zero-order valence-corrected chi connectivity index (χ0v) is 10.7. The molecule has 0 saturated carbocycles. The molecule has 102 valence electrons. The molecule has 19 heavy (non-hydrogen) atoms. The molecule has 2 atom stereocenters. The summed E-state index contributed by atoms with van der Waals surface area (Å²) in [6, 6.07) is 6.47. The van der Waals surface area contributed by atoms with Gasteiger partial charge in [0.1, 0.15) is 0 Å². The number of benzene rings is 1. The van der Waals surface area contributed by atoms with Crippen molar-refractivity contribution in [2.75, 3.05) is 13.1 Å². The van der Waals surface area contributed by atoms with Gasteiger partial charge in [-0.25, -0.2) is 0 Å². The van der Waals surface area contributed by atoms with Gasteiger partial charge in [0, 0.05) is 31.8 Å². The highest BCUT2D eigenvalue weighted by molar-refractivity contribution is 5.71. The standard InChI is InChI=1S/C13H16N2O4/c1-9-6-14(8-12(9)13(16)17)7-10-3-2-4-11(5-10)15(18)19/h2-5,9,12H,6-8H2,1H3,(H,16,17)/t9-,12-/m1/s1. The molecule has 1 fully saturated rings. The molecular weight excluding hydrogens is 248 g/mol. The van der Waals surface area contributed by atoms with Crippen molar-refractivity contribution in [3.8, 4) is 0 Å². The van der Waals surface area contributed by atoms with E-state index in [0.29, 0.717) is 19.6 Å². The van der Waals surface area contributed by atoms with Crippen LogP contribution in [0.5, 0.6) is 0 Å². The van der Waals surface area contributed by atoms with E-state index in [4.69, 9.17) is 5.11 Å². The maximum absolute atomic E-state index is 11.0. The van der Waals surface area contributed by atoms with Crippen LogP contribution in [0.2, 0.25) is 0 Å². The number of non-ortho nitro benzene ring substituents is 1. The number of hydrogen-bond donors (Lipinski definition) is 1. The highest BCUT2D eigenvalue weighted by Gasteiger charge is 2.34. The Kier molecular flexibility index (Phi) is 3.80. The molecule has 0 radical (unpaired) electrons. The van der Waals surface area contributed by atoms with E-state index in [-0.39, 0.29) is 17.5 Å². The highest BCUT2D eigenvalue weighted by atomic mass is 16.6. The molecule has 0 amide bonds. The molecule has 1 aromatic rings. The second kappa shape index (κ2) is 5.36. The van der Waals surface area contributed by atoms with Crippen LogP contribution in [0.15, 0.2) is 24.3 Å². The van der Waals surface area contributed by atoms with E-state index in [1.54, 1.807) is 12.1 Å². The van der Waals surface area contributed by atoms with E-state index in [2.05, 4.69) is 0 Å². The van der Waals surface area contributed by atoms with Crippen LogP contribution < -0.4 is 0 Å². The number of carboxylic acid groups (broad SMARTS) is 1. The van der Waals surface area contributed by atoms with Gasteiger partial charge in [0.2, 0.25) is 0 Å². The van der Waals surface area contributed by atoms with E-state index >= 15 is 0 Å². The number of nitro benzene ring substituents is 1. The fourth-order valence-corrected chi connectivity index (χ4v) is 2.54. The first-order chi connectivity index (χ1) is 8.97. The first-order valence-electron chi connectivity index (χ1n) is 6.16. The van der Waals surface area contributed by atoms with Gasteiger partial charge in [-0.05, 0) is 11.5 Å². The molecule has 0 spiro atoms. The van der Waals surface area contributed by atoms with Crippen molar-refractivity contribution in [1.29, 1.82) is 0 Å². The first-order valence-corrected chi connectivity index (χ1v) is 6.16. The van der Waals surface area contributed by atoms with Gasteiger partial charge in [-0.1, -0.05) is 19.1 Å². The van der Waals surface area contributed by atoms with Crippen molar-refractivity contribution in [2.24, 2.45) is 11.8 Å². The lowest BCUT2D eigenvalue weighted by Gasteiger charge is -2.14. The molecule has 1 aliphatic heterocycles. The van der Waals surface area contributed by atoms with E-state index in [1.165, 1.54) is 6.07 Å².